The van der Waals surface area contributed by atoms with Crippen LogP contribution in [0.25, 0.3) is 0 Å². The molecule has 0 atom stereocenters. The Balaban J connectivity index is 0.00000312. The largest absolute Gasteiger partial charge is 0.497 e. The molecule has 0 aliphatic heterocycles. The highest BCUT2D eigenvalue weighted by Gasteiger charge is 1.97. The van der Waals surface area contributed by atoms with Crippen LogP contribution in [0.3, 0.4) is 0 Å². The Morgan fingerprint density at radius 1 is 1.12 bits per heavy atom. The molecule has 0 aliphatic rings. The van der Waals surface area contributed by atoms with Crippen LogP contribution in [0.15, 0.2) is 53.5 Å². The zero-order valence-electron chi connectivity index (χ0n) is 14.7. The van der Waals surface area contributed by atoms with Crippen LogP contribution >= 0.6 is 24.0 Å². The van der Waals surface area contributed by atoms with Crippen molar-refractivity contribution in [2.75, 3.05) is 26.8 Å². The molecule has 0 aliphatic carbocycles. The lowest BCUT2D eigenvalue weighted by Gasteiger charge is -2.08. The van der Waals surface area contributed by atoms with Crippen molar-refractivity contribution < 1.29 is 9.47 Å². The summed E-state index contributed by atoms with van der Waals surface area (Å²) in [5.74, 6) is 2.17. The lowest BCUT2D eigenvalue weighted by Crippen LogP contribution is -2.35. The van der Waals surface area contributed by atoms with Crippen LogP contribution in [-0.4, -0.2) is 32.8 Å². The van der Waals surface area contributed by atoms with Crippen LogP contribution in [-0.2, 0) is 6.42 Å². The number of nitrogens with one attached hydrogen (secondary N) is 1. The van der Waals surface area contributed by atoms with Gasteiger partial charge in [-0.25, -0.2) is 0 Å². The molecule has 2 aromatic carbocycles. The molecule has 0 heterocycles. The van der Waals surface area contributed by atoms with E-state index in [1.54, 1.807) is 7.11 Å². The maximum atomic E-state index is 5.85. The number of aryl methyl sites for hydroxylation is 1. The Kier molecular flexibility index (Phi) is 9.76. The minimum absolute atomic E-state index is 0. The average Bonchev–Trinajstić information content (AvgIpc) is 2.59. The topological polar surface area (TPSA) is 68.9 Å². The smallest absolute Gasteiger partial charge is 0.188 e. The second-order valence-corrected chi connectivity index (χ2v) is 5.46. The predicted molar refractivity (Wildman–Crippen MR) is 113 cm³/mol. The number of guanidine groups is 1. The van der Waals surface area contributed by atoms with Gasteiger partial charge in [-0.3, -0.25) is 4.99 Å². The summed E-state index contributed by atoms with van der Waals surface area (Å²) in [6.45, 7) is 3.84. The first-order chi connectivity index (χ1) is 11.7. The summed E-state index contributed by atoms with van der Waals surface area (Å²) in [6, 6.07) is 15.9. The molecule has 0 bridgehead atoms. The van der Waals surface area contributed by atoms with Crippen LogP contribution in [0.2, 0.25) is 0 Å². The van der Waals surface area contributed by atoms with E-state index in [4.69, 9.17) is 15.2 Å². The van der Waals surface area contributed by atoms with Crippen molar-refractivity contribution in [2.24, 2.45) is 10.7 Å². The van der Waals surface area contributed by atoms with E-state index in [1.165, 1.54) is 11.1 Å². The van der Waals surface area contributed by atoms with Gasteiger partial charge in [-0.2, -0.15) is 0 Å². The van der Waals surface area contributed by atoms with E-state index in [1.807, 2.05) is 55.5 Å². The highest BCUT2D eigenvalue weighted by molar-refractivity contribution is 14.0. The number of nitrogens with two attached hydrogens (primary N) is 1. The number of aliphatic imine (C=N–C) groups is 1. The standard InChI is InChI=1S/C19H25N3O2.HI/c1-15-4-3-5-18(14-15)24-13-12-22-19(20)21-11-10-16-6-8-17(23-2)9-7-16;/h3-9,14H,10-13H2,1-2H3,(H3,20,21,22);1H. The number of benzene rings is 2. The van der Waals surface area contributed by atoms with Gasteiger partial charge in [0.25, 0.3) is 0 Å². The minimum Gasteiger partial charge on any atom is -0.497 e. The average molecular weight is 455 g/mol. The second-order valence-electron chi connectivity index (χ2n) is 5.46. The fourth-order valence-electron chi connectivity index (χ4n) is 2.21. The lowest BCUT2D eigenvalue weighted by molar-refractivity contribution is 0.322. The van der Waals surface area contributed by atoms with Crippen LogP contribution in [0.1, 0.15) is 11.1 Å². The Morgan fingerprint density at radius 3 is 2.56 bits per heavy atom. The van der Waals surface area contributed by atoms with Crippen molar-refractivity contribution in [3.8, 4) is 11.5 Å². The first-order valence-electron chi connectivity index (χ1n) is 8.03. The van der Waals surface area contributed by atoms with Crippen LogP contribution in [0, 0.1) is 6.92 Å². The summed E-state index contributed by atoms with van der Waals surface area (Å²) in [7, 11) is 1.66. The van der Waals surface area contributed by atoms with Crippen molar-refractivity contribution in [1.82, 2.24) is 5.32 Å². The maximum Gasteiger partial charge on any atom is 0.188 e. The SMILES string of the molecule is COc1ccc(CCN=C(N)NCCOc2cccc(C)c2)cc1.I. The molecule has 0 aromatic heterocycles. The monoisotopic (exact) mass is 455 g/mol. The van der Waals surface area contributed by atoms with Crippen LogP contribution in [0.5, 0.6) is 11.5 Å². The van der Waals surface area contributed by atoms with Gasteiger partial charge in [0.05, 0.1) is 13.7 Å². The number of methoxy groups -OCH3 is 1. The van der Waals surface area contributed by atoms with E-state index >= 15 is 0 Å². The van der Waals surface area contributed by atoms with E-state index in [2.05, 4.69) is 10.3 Å². The van der Waals surface area contributed by atoms with Gasteiger partial charge in [0.1, 0.15) is 18.1 Å². The highest BCUT2D eigenvalue weighted by atomic mass is 127. The Labute approximate surface area is 166 Å². The third-order valence-corrected chi connectivity index (χ3v) is 3.51. The van der Waals surface area contributed by atoms with Crippen LogP contribution in [0.4, 0.5) is 0 Å². The van der Waals surface area contributed by atoms with E-state index in [9.17, 15) is 0 Å². The van der Waals surface area contributed by atoms with E-state index in [-0.39, 0.29) is 24.0 Å². The third kappa shape index (κ3) is 8.11. The van der Waals surface area contributed by atoms with E-state index < -0.39 is 0 Å². The van der Waals surface area contributed by atoms with Crippen molar-refractivity contribution in [3.63, 3.8) is 0 Å². The molecule has 0 spiro atoms. The summed E-state index contributed by atoms with van der Waals surface area (Å²) in [5.41, 5.74) is 8.23. The van der Waals surface area contributed by atoms with Gasteiger partial charge in [0, 0.05) is 6.54 Å². The van der Waals surface area contributed by atoms with E-state index in [0.29, 0.717) is 25.7 Å². The molecule has 3 N–H and O–H groups in total. The first-order valence-corrected chi connectivity index (χ1v) is 8.03. The van der Waals surface area contributed by atoms with Gasteiger partial charge in [0.2, 0.25) is 0 Å². The normalized spacial score (nSPS) is 10.7. The molecule has 0 radical (unpaired) electrons. The molecule has 136 valence electrons. The summed E-state index contributed by atoms with van der Waals surface area (Å²) in [4.78, 5) is 4.32. The summed E-state index contributed by atoms with van der Waals surface area (Å²) >= 11 is 0. The van der Waals surface area contributed by atoms with Crippen molar-refractivity contribution >= 4 is 29.9 Å². The molecule has 0 fully saturated rings. The van der Waals surface area contributed by atoms with Gasteiger partial charge in [-0.05, 0) is 48.7 Å². The Bertz CT molecular complexity index is 660. The lowest BCUT2D eigenvalue weighted by atomic mass is 10.1. The van der Waals surface area contributed by atoms with Crippen molar-refractivity contribution in [2.45, 2.75) is 13.3 Å². The highest BCUT2D eigenvalue weighted by Crippen LogP contribution is 2.12. The molecule has 6 heteroatoms. The molecule has 2 rings (SSSR count). The predicted octanol–water partition coefficient (Wildman–Crippen LogP) is 3.15. The molecule has 0 saturated heterocycles. The molecular formula is C19H26IN3O2. The van der Waals surface area contributed by atoms with Crippen molar-refractivity contribution in [1.29, 1.82) is 0 Å². The number of ether oxygens (including phenoxy) is 2. The molecule has 5 nitrogen and oxygen atoms in total. The number of nitrogens with zero attached hydrogens (tertiary/aromatic N) is 1. The van der Waals surface area contributed by atoms with Crippen LogP contribution < -0.4 is 20.5 Å². The second kappa shape index (κ2) is 11.6. The van der Waals surface area contributed by atoms with E-state index in [0.717, 1.165) is 17.9 Å². The van der Waals surface area contributed by atoms with Gasteiger partial charge in [-0.1, -0.05) is 24.3 Å². The van der Waals surface area contributed by atoms with Gasteiger partial charge in [0.15, 0.2) is 5.96 Å². The molecule has 0 unspecified atom stereocenters. The maximum absolute atomic E-state index is 5.85. The zero-order valence-corrected chi connectivity index (χ0v) is 17.0. The number of hydrogen-bond acceptors (Lipinski definition) is 3. The molecule has 25 heavy (non-hydrogen) atoms. The zero-order chi connectivity index (χ0) is 17.2. The number of halogens is 1. The third-order valence-electron chi connectivity index (χ3n) is 3.51. The summed E-state index contributed by atoms with van der Waals surface area (Å²) in [5, 5.41) is 3.05. The Morgan fingerprint density at radius 2 is 1.88 bits per heavy atom. The Hall–Kier alpha value is -1.96. The molecule has 2 aromatic rings. The number of hydrogen-bond donors (Lipinski definition) is 2. The van der Waals surface area contributed by atoms with Gasteiger partial charge in [-0.15, -0.1) is 24.0 Å². The summed E-state index contributed by atoms with van der Waals surface area (Å²) in [6.07, 6.45) is 0.839. The van der Waals surface area contributed by atoms with Crippen molar-refractivity contribution in [3.05, 3.63) is 59.7 Å². The fraction of sp³-hybridized carbons (Fsp3) is 0.316. The van der Waals surface area contributed by atoms with Gasteiger partial charge >= 0.3 is 0 Å². The van der Waals surface area contributed by atoms with Gasteiger partial charge < -0.3 is 20.5 Å². The first kappa shape index (κ1) is 21.1. The fourth-order valence-corrected chi connectivity index (χ4v) is 2.21. The molecule has 0 saturated carbocycles. The summed E-state index contributed by atoms with van der Waals surface area (Å²) < 4.78 is 10.8. The minimum atomic E-state index is 0. The molecule has 0 amide bonds. The molecular weight excluding hydrogens is 429 g/mol. The number of rotatable bonds is 8. The quantitative estimate of drug-likeness (QED) is 0.278.